The molecule has 0 amide bonds. The Hall–Kier alpha value is -0.610. The summed E-state index contributed by atoms with van der Waals surface area (Å²) in [5.74, 6) is 0.487. The molecule has 4 heteroatoms. The van der Waals surface area contributed by atoms with Crippen molar-refractivity contribution < 1.29 is 9.53 Å². The monoisotopic (exact) mass is 254 g/mol. The average Bonchev–Trinajstić information content (AvgIpc) is 2.87. The van der Waals surface area contributed by atoms with E-state index >= 15 is 0 Å². The van der Waals surface area contributed by atoms with E-state index in [4.69, 9.17) is 4.74 Å². The van der Waals surface area contributed by atoms with Crippen LogP contribution in [0.5, 0.6) is 0 Å². The van der Waals surface area contributed by atoms with Crippen molar-refractivity contribution in [1.82, 2.24) is 10.2 Å². The topological polar surface area (TPSA) is 41.6 Å². The minimum atomic E-state index is -0.107. The third-order valence-electron chi connectivity index (χ3n) is 4.45. The molecule has 1 N–H and O–H groups in total. The zero-order valence-corrected chi connectivity index (χ0v) is 11.8. The van der Waals surface area contributed by atoms with Gasteiger partial charge in [0.15, 0.2) is 0 Å². The number of esters is 1. The largest absolute Gasteiger partial charge is 0.468 e. The van der Waals surface area contributed by atoms with Crippen LogP contribution in [0, 0.1) is 5.92 Å². The molecule has 0 aromatic rings. The van der Waals surface area contributed by atoms with Crippen molar-refractivity contribution in [3.8, 4) is 0 Å². The highest BCUT2D eigenvalue weighted by Crippen LogP contribution is 2.30. The maximum absolute atomic E-state index is 11.6. The Morgan fingerprint density at radius 3 is 2.83 bits per heavy atom. The number of carbonyl (C=O) groups is 1. The van der Waals surface area contributed by atoms with Crippen LogP contribution in [0.3, 0.4) is 0 Å². The minimum absolute atomic E-state index is 0.0871. The maximum atomic E-state index is 11.6. The van der Waals surface area contributed by atoms with E-state index in [1.807, 2.05) is 0 Å². The van der Waals surface area contributed by atoms with E-state index in [2.05, 4.69) is 24.1 Å². The second-order valence-electron chi connectivity index (χ2n) is 5.87. The van der Waals surface area contributed by atoms with Crippen LogP contribution in [0.4, 0.5) is 0 Å². The lowest BCUT2D eigenvalue weighted by molar-refractivity contribution is -0.142. The summed E-state index contributed by atoms with van der Waals surface area (Å²) in [4.78, 5) is 14.2. The fraction of sp³-hybridized carbons (Fsp3) is 0.929. The van der Waals surface area contributed by atoms with Gasteiger partial charge in [-0.3, -0.25) is 9.69 Å². The van der Waals surface area contributed by atoms with Crippen LogP contribution in [0.1, 0.15) is 39.5 Å². The van der Waals surface area contributed by atoms with Gasteiger partial charge in [0, 0.05) is 18.6 Å². The minimum Gasteiger partial charge on any atom is -0.468 e. The predicted octanol–water partition coefficient (Wildman–Crippen LogP) is 1.40. The SMILES string of the molecule is COC(=O)C1CC(C2CCCCN2C(C)C)CN1. The van der Waals surface area contributed by atoms with Crippen molar-refractivity contribution in [2.75, 3.05) is 20.2 Å². The van der Waals surface area contributed by atoms with E-state index in [-0.39, 0.29) is 12.0 Å². The Labute approximate surface area is 110 Å². The first-order valence-electron chi connectivity index (χ1n) is 7.20. The molecule has 104 valence electrons. The van der Waals surface area contributed by atoms with Crippen molar-refractivity contribution in [2.45, 2.75) is 57.7 Å². The van der Waals surface area contributed by atoms with E-state index in [1.165, 1.54) is 32.9 Å². The Kier molecular flexibility index (Phi) is 4.62. The van der Waals surface area contributed by atoms with Gasteiger partial charge >= 0.3 is 5.97 Å². The van der Waals surface area contributed by atoms with E-state index in [1.54, 1.807) is 0 Å². The summed E-state index contributed by atoms with van der Waals surface area (Å²) in [6.07, 6.45) is 4.85. The third kappa shape index (κ3) is 2.86. The first-order chi connectivity index (χ1) is 8.63. The van der Waals surface area contributed by atoms with Crippen LogP contribution < -0.4 is 5.32 Å². The Balaban J connectivity index is 1.96. The summed E-state index contributed by atoms with van der Waals surface area (Å²) in [6, 6.07) is 1.16. The Bertz CT molecular complexity index is 294. The van der Waals surface area contributed by atoms with Gasteiger partial charge < -0.3 is 10.1 Å². The van der Waals surface area contributed by atoms with E-state index < -0.39 is 0 Å². The van der Waals surface area contributed by atoms with E-state index in [0.717, 1.165) is 13.0 Å². The highest BCUT2D eigenvalue weighted by molar-refractivity contribution is 5.76. The van der Waals surface area contributed by atoms with Gasteiger partial charge in [-0.25, -0.2) is 0 Å². The third-order valence-corrected chi connectivity index (χ3v) is 4.45. The van der Waals surface area contributed by atoms with Crippen LogP contribution in [-0.2, 0) is 9.53 Å². The number of nitrogens with zero attached hydrogens (tertiary/aromatic N) is 1. The molecule has 2 aliphatic heterocycles. The van der Waals surface area contributed by atoms with Gasteiger partial charge in [-0.15, -0.1) is 0 Å². The molecule has 3 unspecified atom stereocenters. The van der Waals surface area contributed by atoms with Crippen LogP contribution in [0.25, 0.3) is 0 Å². The molecule has 2 fully saturated rings. The molecule has 3 atom stereocenters. The molecule has 0 aromatic heterocycles. The Morgan fingerprint density at radius 1 is 1.39 bits per heavy atom. The first kappa shape index (κ1) is 13.8. The van der Waals surface area contributed by atoms with Gasteiger partial charge in [-0.1, -0.05) is 6.42 Å². The molecule has 4 nitrogen and oxygen atoms in total. The fourth-order valence-electron chi connectivity index (χ4n) is 3.51. The molecule has 2 rings (SSSR count). The van der Waals surface area contributed by atoms with Crippen molar-refractivity contribution in [3.63, 3.8) is 0 Å². The summed E-state index contributed by atoms with van der Waals surface area (Å²) in [5, 5.41) is 3.31. The van der Waals surface area contributed by atoms with Crippen LogP contribution in [0.15, 0.2) is 0 Å². The number of rotatable bonds is 3. The lowest BCUT2D eigenvalue weighted by Gasteiger charge is -2.41. The lowest BCUT2D eigenvalue weighted by Crippen LogP contribution is -2.48. The summed E-state index contributed by atoms with van der Waals surface area (Å²) >= 11 is 0. The standard InChI is InChI=1S/C14H26N2O2/c1-10(2)16-7-5-4-6-13(16)11-8-12(15-9-11)14(17)18-3/h10-13,15H,4-9H2,1-3H3. The van der Waals surface area contributed by atoms with Gasteiger partial charge in [-0.2, -0.15) is 0 Å². The molecule has 2 heterocycles. The van der Waals surface area contributed by atoms with Gasteiger partial charge in [0.2, 0.25) is 0 Å². The molecule has 0 spiro atoms. The molecule has 0 radical (unpaired) electrons. The molecule has 0 aliphatic carbocycles. The summed E-state index contributed by atoms with van der Waals surface area (Å²) in [5.41, 5.74) is 0. The molecule has 2 saturated heterocycles. The highest BCUT2D eigenvalue weighted by atomic mass is 16.5. The summed E-state index contributed by atoms with van der Waals surface area (Å²) in [7, 11) is 1.47. The molecule has 2 aliphatic rings. The first-order valence-corrected chi connectivity index (χ1v) is 7.20. The van der Waals surface area contributed by atoms with Gasteiger partial charge in [0.1, 0.15) is 6.04 Å². The number of likely N-dealkylation sites (tertiary alicyclic amines) is 1. The van der Waals surface area contributed by atoms with E-state index in [0.29, 0.717) is 18.0 Å². The zero-order valence-electron chi connectivity index (χ0n) is 11.8. The van der Waals surface area contributed by atoms with Crippen LogP contribution >= 0.6 is 0 Å². The second-order valence-corrected chi connectivity index (χ2v) is 5.87. The number of ether oxygens (including phenoxy) is 1. The quantitative estimate of drug-likeness (QED) is 0.773. The molecular weight excluding hydrogens is 228 g/mol. The molecule has 0 saturated carbocycles. The molecule has 18 heavy (non-hydrogen) atoms. The summed E-state index contributed by atoms with van der Waals surface area (Å²) in [6.45, 7) is 6.71. The van der Waals surface area contributed by atoms with Gasteiger partial charge in [-0.05, 0) is 45.6 Å². The predicted molar refractivity (Wildman–Crippen MR) is 71.4 cm³/mol. The fourth-order valence-corrected chi connectivity index (χ4v) is 3.51. The van der Waals surface area contributed by atoms with Crippen LogP contribution in [0.2, 0.25) is 0 Å². The van der Waals surface area contributed by atoms with E-state index in [9.17, 15) is 4.79 Å². The van der Waals surface area contributed by atoms with Gasteiger partial charge in [0.05, 0.1) is 7.11 Å². The van der Waals surface area contributed by atoms with Crippen molar-refractivity contribution >= 4 is 5.97 Å². The normalized spacial score (nSPS) is 33.9. The lowest BCUT2D eigenvalue weighted by atomic mass is 9.87. The van der Waals surface area contributed by atoms with Crippen molar-refractivity contribution in [2.24, 2.45) is 5.92 Å². The Morgan fingerprint density at radius 2 is 2.17 bits per heavy atom. The maximum Gasteiger partial charge on any atom is 0.322 e. The number of carbonyl (C=O) groups excluding carboxylic acids is 1. The van der Waals surface area contributed by atoms with Crippen molar-refractivity contribution in [1.29, 1.82) is 0 Å². The average molecular weight is 254 g/mol. The molecule has 0 bridgehead atoms. The smallest absolute Gasteiger partial charge is 0.322 e. The van der Waals surface area contributed by atoms with Crippen molar-refractivity contribution in [3.05, 3.63) is 0 Å². The number of piperidine rings is 1. The summed E-state index contributed by atoms with van der Waals surface area (Å²) < 4.78 is 4.83. The number of nitrogens with one attached hydrogen (secondary N) is 1. The molecule has 0 aromatic carbocycles. The number of hydrogen-bond donors (Lipinski definition) is 1. The van der Waals surface area contributed by atoms with Crippen LogP contribution in [-0.4, -0.2) is 49.2 Å². The number of hydrogen-bond acceptors (Lipinski definition) is 4. The number of methoxy groups -OCH3 is 1. The highest BCUT2D eigenvalue weighted by Gasteiger charge is 2.38. The van der Waals surface area contributed by atoms with Gasteiger partial charge in [0.25, 0.3) is 0 Å². The second kappa shape index (κ2) is 6.02. The zero-order chi connectivity index (χ0) is 13.1. The molecular formula is C14H26N2O2.